The minimum atomic E-state index is -0.402. The maximum Gasteiger partial charge on any atom is 0.255 e. The number of ether oxygens (including phenoxy) is 4. The quantitative estimate of drug-likeness (QED) is 0.325. The van der Waals surface area contributed by atoms with E-state index in [9.17, 15) is 14.7 Å². The van der Waals surface area contributed by atoms with Crippen LogP contribution in [0.5, 0.6) is 34.5 Å². The lowest BCUT2D eigenvalue weighted by atomic mass is 9.87. The Morgan fingerprint density at radius 2 is 1.77 bits per heavy atom. The normalized spacial score (nSPS) is 16.1. The van der Waals surface area contributed by atoms with Crippen molar-refractivity contribution in [3.8, 4) is 34.5 Å². The van der Waals surface area contributed by atoms with Gasteiger partial charge in [-0.3, -0.25) is 9.59 Å². The van der Waals surface area contributed by atoms with E-state index in [4.69, 9.17) is 18.9 Å². The molecular weight excluding hydrogens is 560 g/mol. The number of carbonyl (C=O) groups excluding carboxylic acids is 2. The molecule has 0 radical (unpaired) electrons. The number of nitrogens with one attached hydrogen (secondary N) is 1. The molecule has 9 nitrogen and oxygen atoms in total. The third-order valence-corrected chi connectivity index (χ3v) is 7.99. The molecule has 8 bridgehead atoms. The van der Waals surface area contributed by atoms with Gasteiger partial charge in [-0.1, -0.05) is 24.3 Å². The number of benzene rings is 4. The number of hydrogen-bond acceptors (Lipinski definition) is 7. The first-order chi connectivity index (χ1) is 21.4. The molecule has 0 aromatic heterocycles. The summed E-state index contributed by atoms with van der Waals surface area (Å²) in [5.74, 6) is 2.38. The van der Waals surface area contributed by atoms with Gasteiger partial charge in [-0.2, -0.15) is 0 Å². The van der Waals surface area contributed by atoms with Crippen LogP contribution in [0.4, 0.5) is 0 Å². The van der Waals surface area contributed by atoms with Crippen molar-refractivity contribution in [3.05, 3.63) is 107 Å². The molecule has 9 heteroatoms. The second-order valence-corrected chi connectivity index (χ2v) is 10.8. The molecule has 0 saturated heterocycles. The number of rotatable bonds is 4. The molecule has 1 unspecified atom stereocenters. The third-order valence-electron chi connectivity index (χ3n) is 7.99. The highest BCUT2D eigenvalue weighted by molar-refractivity contribution is 5.97. The Kier molecular flexibility index (Phi) is 8.27. The highest BCUT2D eigenvalue weighted by Crippen LogP contribution is 2.41. The second-order valence-electron chi connectivity index (χ2n) is 10.8. The monoisotopic (exact) mass is 594 g/mol. The van der Waals surface area contributed by atoms with E-state index in [0.29, 0.717) is 55.5 Å². The van der Waals surface area contributed by atoms with Crippen LogP contribution in [0.1, 0.15) is 45.1 Å². The van der Waals surface area contributed by atoms with Crippen molar-refractivity contribution in [1.29, 1.82) is 0 Å². The van der Waals surface area contributed by atoms with E-state index in [1.54, 1.807) is 20.3 Å². The summed E-state index contributed by atoms with van der Waals surface area (Å²) in [5, 5.41) is 13.2. The number of aromatic hydroxyl groups is 1. The highest BCUT2D eigenvalue weighted by atomic mass is 16.5. The largest absolute Gasteiger partial charge is 0.507 e. The zero-order chi connectivity index (χ0) is 30.6. The second kappa shape index (κ2) is 12.6. The maximum absolute atomic E-state index is 13.9. The van der Waals surface area contributed by atoms with E-state index in [1.807, 2.05) is 65.6 Å². The van der Waals surface area contributed by atoms with Crippen LogP contribution in [-0.2, 0) is 17.6 Å². The van der Waals surface area contributed by atoms with E-state index < -0.39 is 5.91 Å². The molecule has 4 aromatic rings. The fourth-order valence-electron chi connectivity index (χ4n) is 5.74. The van der Waals surface area contributed by atoms with Crippen LogP contribution in [-0.4, -0.2) is 55.7 Å². The Morgan fingerprint density at radius 3 is 2.57 bits per heavy atom. The first-order valence-corrected chi connectivity index (χ1v) is 14.6. The number of carbonyl (C=O) groups is 2. The Morgan fingerprint density at radius 1 is 0.977 bits per heavy atom. The Bertz CT molecular complexity index is 1690. The molecule has 2 amide bonds. The number of phenolic OH excluding ortho intramolecular Hbond substituents is 1. The molecule has 226 valence electrons. The van der Waals surface area contributed by atoms with Gasteiger partial charge in [0.1, 0.15) is 23.0 Å². The molecule has 0 fully saturated rings. The lowest BCUT2D eigenvalue weighted by Gasteiger charge is -2.38. The molecule has 4 aromatic carbocycles. The van der Waals surface area contributed by atoms with Crippen molar-refractivity contribution in [2.45, 2.75) is 25.3 Å². The fraction of sp³-hybridized carbons (Fsp3) is 0.257. The molecule has 3 aliphatic rings. The lowest BCUT2D eigenvalue weighted by molar-refractivity contribution is -0.132. The van der Waals surface area contributed by atoms with Crippen LogP contribution < -0.4 is 24.3 Å². The number of phenols is 1. The third kappa shape index (κ3) is 5.99. The van der Waals surface area contributed by atoms with Crippen molar-refractivity contribution >= 4 is 11.8 Å². The molecule has 0 spiro atoms. The van der Waals surface area contributed by atoms with Crippen LogP contribution in [0.25, 0.3) is 0 Å². The van der Waals surface area contributed by atoms with Gasteiger partial charge in [-0.05, 0) is 89.7 Å². The summed E-state index contributed by atoms with van der Waals surface area (Å²) in [6.45, 7) is 1.17. The highest BCUT2D eigenvalue weighted by Gasteiger charge is 2.33. The van der Waals surface area contributed by atoms with E-state index in [1.165, 1.54) is 12.1 Å². The van der Waals surface area contributed by atoms with E-state index >= 15 is 0 Å². The summed E-state index contributed by atoms with van der Waals surface area (Å²) in [6, 6.07) is 23.4. The van der Waals surface area contributed by atoms with Crippen LogP contribution >= 0.6 is 0 Å². The van der Waals surface area contributed by atoms with Gasteiger partial charge < -0.3 is 34.3 Å². The van der Waals surface area contributed by atoms with Gasteiger partial charge in [0.15, 0.2) is 11.5 Å². The van der Waals surface area contributed by atoms with Gasteiger partial charge in [-0.25, -0.2) is 0 Å². The smallest absolute Gasteiger partial charge is 0.255 e. The summed E-state index contributed by atoms with van der Waals surface area (Å²) in [7, 11) is 3.21. The zero-order valence-corrected chi connectivity index (χ0v) is 24.7. The summed E-state index contributed by atoms with van der Waals surface area (Å²) >= 11 is 0. The van der Waals surface area contributed by atoms with Crippen LogP contribution in [0.3, 0.4) is 0 Å². The Balaban J connectivity index is 1.40. The minimum absolute atomic E-state index is 0.0129. The number of fused-ring (bicyclic) bond motifs is 6. The first kappa shape index (κ1) is 28.9. The Hall–Kier alpha value is -5.18. The lowest BCUT2D eigenvalue weighted by Crippen LogP contribution is -2.41. The predicted molar refractivity (Wildman–Crippen MR) is 164 cm³/mol. The average Bonchev–Trinajstić information content (AvgIpc) is 3.04. The molecule has 3 aliphatic heterocycles. The van der Waals surface area contributed by atoms with E-state index in [0.717, 1.165) is 28.0 Å². The molecular formula is C35H34N2O7. The average molecular weight is 595 g/mol. The van der Waals surface area contributed by atoms with Crippen molar-refractivity contribution in [3.63, 3.8) is 0 Å². The van der Waals surface area contributed by atoms with Crippen molar-refractivity contribution in [2.24, 2.45) is 0 Å². The van der Waals surface area contributed by atoms with Gasteiger partial charge in [0.05, 0.1) is 38.9 Å². The standard InChI is InChI=1S/C35H34N2O7/c1-41-25-7-4-22(5-8-25)18-33(39)37-16-14-23-19-26-9-11-28(23)34(37)24-6-13-31(42-2)32(20-24)43-17-3-15-36-35(40)29-21-27(44-26)10-12-30(29)38/h4-13,19-21,34,38H,3,14-18H2,1-2H3,(H,36,40). The molecule has 2 N–H and O–H groups in total. The van der Waals surface area contributed by atoms with Crippen molar-refractivity contribution in [1.82, 2.24) is 10.2 Å². The molecule has 44 heavy (non-hydrogen) atoms. The van der Waals surface area contributed by atoms with Gasteiger partial charge >= 0.3 is 0 Å². The number of nitrogens with zero attached hydrogens (tertiary/aromatic N) is 1. The summed E-state index contributed by atoms with van der Waals surface area (Å²) in [4.78, 5) is 28.6. The van der Waals surface area contributed by atoms with Crippen molar-refractivity contribution in [2.75, 3.05) is 33.9 Å². The molecule has 0 saturated carbocycles. The van der Waals surface area contributed by atoms with Gasteiger partial charge in [-0.15, -0.1) is 0 Å². The van der Waals surface area contributed by atoms with Crippen LogP contribution in [0.15, 0.2) is 78.9 Å². The molecule has 1 atom stereocenters. The summed E-state index contributed by atoms with van der Waals surface area (Å²) in [6.07, 6.45) is 1.42. The number of methoxy groups -OCH3 is 2. The SMILES string of the molecule is COc1ccc(CC(=O)N2CCc3cc4ccc3C2c2ccc(OC)c(c2)OCCCNC(=O)c2cc(ccc2O)O4)cc1. The minimum Gasteiger partial charge on any atom is -0.507 e. The van der Waals surface area contributed by atoms with Crippen LogP contribution in [0.2, 0.25) is 0 Å². The summed E-state index contributed by atoms with van der Waals surface area (Å²) in [5.41, 5.74) is 3.98. The number of hydrogen-bond donors (Lipinski definition) is 2. The number of amides is 2. The maximum atomic E-state index is 13.9. The van der Waals surface area contributed by atoms with Crippen LogP contribution in [0, 0.1) is 0 Å². The Labute approximate surface area is 255 Å². The topological polar surface area (TPSA) is 107 Å². The van der Waals surface area contributed by atoms with Crippen molar-refractivity contribution < 1.29 is 33.6 Å². The van der Waals surface area contributed by atoms with Gasteiger partial charge in [0.2, 0.25) is 5.91 Å². The fourth-order valence-corrected chi connectivity index (χ4v) is 5.74. The first-order valence-electron chi connectivity index (χ1n) is 14.6. The predicted octanol–water partition coefficient (Wildman–Crippen LogP) is 5.43. The molecule has 7 rings (SSSR count). The van der Waals surface area contributed by atoms with E-state index in [-0.39, 0.29) is 29.7 Å². The summed E-state index contributed by atoms with van der Waals surface area (Å²) < 4.78 is 23.2. The molecule has 3 heterocycles. The zero-order valence-electron chi connectivity index (χ0n) is 24.7. The van der Waals surface area contributed by atoms with E-state index in [2.05, 4.69) is 5.32 Å². The van der Waals surface area contributed by atoms with Gasteiger partial charge in [0, 0.05) is 13.1 Å². The molecule has 0 aliphatic carbocycles. The van der Waals surface area contributed by atoms with Gasteiger partial charge in [0.25, 0.3) is 5.91 Å².